The number of piperidine rings is 1. The first kappa shape index (κ1) is 23.1. The molecule has 10 heteroatoms. The summed E-state index contributed by atoms with van der Waals surface area (Å²) >= 11 is 0. The van der Waals surface area contributed by atoms with Crippen LogP contribution in [0.2, 0.25) is 0 Å². The smallest absolute Gasteiger partial charge is 0.261 e. The van der Waals surface area contributed by atoms with Crippen LogP contribution in [-0.2, 0) is 21.4 Å². The molecule has 4 rings (SSSR count). The molecule has 33 heavy (non-hydrogen) atoms. The van der Waals surface area contributed by atoms with E-state index >= 15 is 0 Å². The minimum atomic E-state index is -3.61. The first-order chi connectivity index (χ1) is 15.6. The van der Waals surface area contributed by atoms with Gasteiger partial charge in [-0.3, -0.25) is 14.2 Å². The average Bonchev–Trinajstić information content (AvgIpc) is 2.75. The van der Waals surface area contributed by atoms with Crippen molar-refractivity contribution in [1.82, 2.24) is 13.9 Å². The van der Waals surface area contributed by atoms with Crippen molar-refractivity contribution >= 4 is 32.5 Å². The highest BCUT2D eigenvalue weighted by atomic mass is 32.2. The van der Waals surface area contributed by atoms with Gasteiger partial charge in [0.15, 0.2) is 0 Å². The molecule has 2 unspecified atom stereocenters. The molecule has 1 aromatic heterocycles. The molecule has 1 aliphatic heterocycles. The van der Waals surface area contributed by atoms with Gasteiger partial charge >= 0.3 is 0 Å². The Balaban J connectivity index is 1.45. The molecule has 1 amide bonds. The Bertz CT molecular complexity index is 1350. The van der Waals surface area contributed by atoms with Gasteiger partial charge in [-0.05, 0) is 54.7 Å². The Hall–Kier alpha value is -3.11. The molecule has 3 aromatic rings. The van der Waals surface area contributed by atoms with Gasteiger partial charge in [-0.1, -0.05) is 13.8 Å². The van der Waals surface area contributed by atoms with Crippen LogP contribution < -0.4 is 10.9 Å². The Morgan fingerprint density at radius 3 is 2.45 bits per heavy atom. The van der Waals surface area contributed by atoms with Gasteiger partial charge in [-0.15, -0.1) is 0 Å². The van der Waals surface area contributed by atoms with Crippen LogP contribution in [0.4, 0.5) is 10.1 Å². The van der Waals surface area contributed by atoms with Crippen molar-refractivity contribution in [1.29, 1.82) is 0 Å². The number of nitrogens with zero attached hydrogens (tertiary/aromatic N) is 3. The van der Waals surface area contributed by atoms with Gasteiger partial charge in [0.25, 0.3) is 5.56 Å². The summed E-state index contributed by atoms with van der Waals surface area (Å²) in [4.78, 5) is 29.2. The molecule has 1 fully saturated rings. The fraction of sp³-hybridized carbons (Fsp3) is 0.348. The van der Waals surface area contributed by atoms with E-state index < -0.39 is 27.3 Å². The van der Waals surface area contributed by atoms with Gasteiger partial charge in [-0.25, -0.2) is 17.8 Å². The largest absolute Gasteiger partial charge is 0.325 e. The lowest BCUT2D eigenvalue weighted by molar-refractivity contribution is -0.116. The van der Waals surface area contributed by atoms with Gasteiger partial charge in [0.1, 0.15) is 12.4 Å². The summed E-state index contributed by atoms with van der Waals surface area (Å²) in [6.45, 7) is 4.79. The molecule has 174 valence electrons. The van der Waals surface area contributed by atoms with Crippen LogP contribution in [0.15, 0.2) is 58.5 Å². The number of carbonyl (C=O) groups excluding carboxylic acids is 1. The number of halogens is 1. The van der Waals surface area contributed by atoms with E-state index in [1.54, 1.807) is 0 Å². The number of nitrogens with one attached hydrogen (secondary N) is 1. The maximum absolute atomic E-state index is 13.3. The summed E-state index contributed by atoms with van der Waals surface area (Å²) in [6, 6.07) is 9.62. The highest BCUT2D eigenvalue weighted by Gasteiger charge is 2.31. The van der Waals surface area contributed by atoms with Crippen LogP contribution in [-0.4, -0.2) is 41.3 Å². The number of sulfonamides is 1. The molecule has 0 saturated carbocycles. The first-order valence-electron chi connectivity index (χ1n) is 10.7. The Kier molecular flexibility index (Phi) is 6.31. The number of benzene rings is 2. The summed E-state index contributed by atoms with van der Waals surface area (Å²) in [7, 11) is -3.61. The van der Waals surface area contributed by atoms with E-state index in [9.17, 15) is 22.4 Å². The van der Waals surface area contributed by atoms with Crippen molar-refractivity contribution in [3.8, 4) is 0 Å². The Morgan fingerprint density at radius 2 is 1.79 bits per heavy atom. The van der Waals surface area contributed by atoms with Gasteiger partial charge in [0, 0.05) is 24.8 Å². The summed E-state index contributed by atoms with van der Waals surface area (Å²) in [5.41, 5.74) is 0.163. The molecular formula is C23H25FN4O4S. The van der Waals surface area contributed by atoms with E-state index in [2.05, 4.69) is 10.3 Å². The molecule has 0 spiro atoms. The lowest BCUT2D eigenvalue weighted by atomic mass is 9.94. The molecule has 0 aliphatic carbocycles. The topological polar surface area (TPSA) is 101 Å². The van der Waals surface area contributed by atoms with Gasteiger partial charge < -0.3 is 5.32 Å². The first-order valence-corrected chi connectivity index (χ1v) is 12.1. The number of hydrogen-bond acceptors (Lipinski definition) is 5. The lowest BCUT2D eigenvalue weighted by Crippen LogP contribution is -2.42. The highest BCUT2D eigenvalue weighted by molar-refractivity contribution is 7.89. The van der Waals surface area contributed by atoms with Gasteiger partial charge in [0.2, 0.25) is 15.9 Å². The standard InChI is InChI=1S/C23H25FN4O4S/c1-15-9-16(2)12-28(11-15)33(31,32)19-6-4-18(5-7-19)26-22(29)13-27-14-25-21-10-17(24)3-8-20(21)23(27)30/h3-8,10,14-16H,9,11-13H2,1-2H3,(H,26,29). The zero-order valence-corrected chi connectivity index (χ0v) is 19.2. The van der Waals surface area contributed by atoms with Crippen LogP contribution in [0, 0.1) is 17.7 Å². The summed E-state index contributed by atoms with van der Waals surface area (Å²) < 4.78 is 41.9. The predicted molar refractivity (Wildman–Crippen MR) is 123 cm³/mol. The highest BCUT2D eigenvalue weighted by Crippen LogP contribution is 2.27. The second kappa shape index (κ2) is 9.03. The predicted octanol–water partition coefficient (Wildman–Crippen LogP) is 2.84. The number of amides is 1. The van der Waals surface area contributed by atoms with E-state index in [4.69, 9.17) is 0 Å². The second-order valence-corrected chi connectivity index (χ2v) is 10.6. The molecule has 0 bridgehead atoms. The molecule has 8 nitrogen and oxygen atoms in total. The Morgan fingerprint density at radius 1 is 1.12 bits per heavy atom. The van der Waals surface area contributed by atoms with Crippen molar-refractivity contribution < 1.29 is 17.6 Å². The third-order valence-electron chi connectivity index (χ3n) is 5.71. The van der Waals surface area contributed by atoms with Crippen molar-refractivity contribution in [2.45, 2.75) is 31.7 Å². The molecular weight excluding hydrogens is 447 g/mol. The quantitative estimate of drug-likeness (QED) is 0.615. The second-order valence-electron chi connectivity index (χ2n) is 8.68. The van der Waals surface area contributed by atoms with Crippen LogP contribution in [0.3, 0.4) is 0 Å². The number of hydrogen-bond donors (Lipinski definition) is 1. The molecule has 2 atom stereocenters. The van der Waals surface area contributed by atoms with Crippen LogP contribution >= 0.6 is 0 Å². The minimum absolute atomic E-state index is 0.170. The van der Waals surface area contributed by atoms with Gasteiger partial charge in [0.05, 0.1) is 22.1 Å². The number of fused-ring (bicyclic) bond motifs is 1. The Labute approximate surface area is 191 Å². The van der Waals surface area contributed by atoms with E-state index in [0.29, 0.717) is 30.6 Å². The third-order valence-corrected chi connectivity index (χ3v) is 7.56. The van der Waals surface area contributed by atoms with Crippen LogP contribution in [0.25, 0.3) is 10.9 Å². The van der Waals surface area contributed by atoms with E-state index in [1.165, 1.54) is 41.0 Å². The maximum Gasteiger partial charge on any atom is 0.261 e. The number of rotatable bonds is 5. The van der Waals surface area contributed by atoms with Gasteiger partial charge in [-0.2, -0.15) is 4.31 Å². The zero-order valence-electron chi connectivity index (χ0n) is 18.4. The SMILES string of the molecule is CC1CC(C)CN(S(=O)(=O)c2ccc(NC(=O)Cn3cnc4cc(F)ccc4c3=O)cc2)C1. The maximum atomic E-state index is 13.3. The van der Waals surface area contributed by atoms with Crippen molar-refractivity contribution in [3.05, 3.63) is 65.0 Å². The fourth-order valence-electron chi connectivity index (χ4n) is 4.26. The van der Waals surface area contributed by atoms with E-state index in [1.807, 2.05) is 13.8 Å². The molecule has 1 saturated heterocycles. The molecule has 0 radical (unpaired) electrons. The lowest BCUT2D eigenvalue weighted by Gasteiger charge is -2.34. The third kappa shape index (κ3) is 4.96. The van der Waals surface area contributed by atoms with Crippen molar-refractivity contribution in [2.75, 3.05) is 18.4 Å². The summed E-state index contributed by atoms with van der Waals surface area (Å²) in [6.07, 6.45) is 2.20. The normalized spacial score (nSPS) is 19.5. The van der Waals surface area contributed by atoms with Crippen LogP contribution in [0.1, 0.15) is 20.3 Å². The number of carbonyl (C=O) groups is 1. The zero-order chi connectivity index (χ0) is 23.8. The van der Waals surface area contributed by atoms with E-state index in [0.717, 1.165) is 23.1 Å². The number of anilines is 1. The summed E-state index contributed by atoms with van der Waals surface area (Å²) in [5, 5.41) is 2.86. The monoisotopic (exact) mass is 472 g/mol. The van der Waals surface area contributed by atoms with Crippen LogP contribution in [0.5, 0.6) is 0 Å². The molecule has 1 N–H and O–H groups in total. The van der Waals surface area contributed by atoms with Crippen molar-refractivity contribution in [2.24, 2.45) is 11.8 Å². The number of aromatic nitrogens is 2. The summed E-state index contributed by atoms with van der Waals surface area (Å²) in [5.74, 6) is -0.377. The fourth-order valence-corrected chi connectivity index (χ4v) is 5.94. The molecule has 2 heterocycles. The van der Waals surface area contributed by atoms with E-state index in [-0.39, 0.29) is 22.3 Å². The van der Waals surface area contributed by atoms with Crippen molar-refractivity contribution in [3.63, 3.8) is 0 Å². The molecule has 1 aliphatic rings. The minimum Gasteiger partial charge on any atom is -0.325 e. The molecule has 2 aromatic carbocycles. The average molecular weight is 473 g/mol.